The zero-order chi connectivity index (χ0) is 18.0. The standard InChI is InChI=1S/C20H36O4/c1-2-3-10-13-18(21)16-17-19(22)14-11-8-6-4-5-7-9-12-15-20(23)24/h5-8,18-19,21-22H,2-4,9-17H2,1H3,(H,23,24). The molecule has 0 radical (unpaired) electrons. The van der Waals surface area contributed by atoms with Crippen LogP contribution in [-0.2, 0) is 4.79 Å². The van der Waals surface area contributed by atoms with Crippen LogP contribution in [0.25, 0.3) is 0 Å². The van der Waals surface area contributed by atoms with Crippen molar-refractivity contribution in [3.05, 3.63) is 24.3 Å². The van der Waals surface area contributed by atoms with Crippen LogP contribution in [0.3, 0.4) is 0 Å². The highest BCUT2D eigenvalue weighted by Crippen LogP contribution is 2.12. The molecule has 140 valence electrons. The van der Waals surface area contributed by atoms with Crippen LogP contribution in [0, 0.1) is 0 Å². The summed E-state index contributed by atoms with van der Waals surface area (Å²) >= 11 is 0. The van der Waals surface area contributed by atoms with Crippen molar-refractivity contribution in [3.8, 4) is 0 Å². The highest BCUT2D eigenvalue weighted by molar-refractivity contribution is 5.66. The van der Waals surface area contributed by atoms with Crippen LogP contribution >= 0.6 is 0 Å². The first-order valence-electron chi connectivity index (χ1n) is 9.44. The molecule has 24 heavy (non-hydrogen) atoms. The van der Waals surface area contributed by atoms with Crippen molar-refractivity contribution in [2.45, 2.75) is 96.2 Å². The molecule has 0 saturated carbocycles. The van der Waals surface area contributed by atoms with Crippen molar-refractivity contribution in [2.75, 3.05) is 0 Å². The summed E-state index contributed by atoms with van der Waals surface area (Å²) in [7, 11) is 0. The molecule has 0 fully saturated rings. The van der Waals surface area contributed by atoms with E-state index in [1.807, 2.05) is 12.2 Å². The largest absolute Gasteiger partial charge is 0.481 e. The quantitative estimate of drug-likeness (QED) is 0.283. The summed E-state index contributed by atoms with van der Waals surface area (Å²) in [5.74, 6) is -0.740. The number of hydrogen-bond donors (Lipinski definition) is 3. The third kappa shape index (κ3) is 17.2. The van der Waals surface area contributed by atoms with E-state index in [9.17, 15) is 15.0 Å². The van der Waals surface area contributed by atoms with Gasteiger partial charge in [-0.05, 0) is 51.4 Å². The van der Waals surface area contributed by atoms with Gasteiger partial charge < -0.3 is 15.3 Å². The Labute approximate surface area is 147 Å². The summed E-state index contributed by atoms with van der Waals surface area (Å²) < 4.78 is 0. The van der Waals surface area contributed by atoms with Gasteiger partial charge in [0.15, 0.2) is 0 Å². The van der Waals surface area contributed by atoms with E-state index < -0.39 is 5.97 Å². The predicted octanol–water partition coefficient (Wildman–Crippen LogP) is 4.61. The van der Waals surface area contributed by atoms with Crippen LogP contribution in [0.1, 0.15) is 84.0 Å². The highest BCUT2D eigenvalue weighted by Gasteiger charge is 2.08. The smallest absolute Gasteiger partial charge is 0.303 e. The second-order valence-electron chi connectivity index (χ2n) is 6.42. The lowest BCUT2D eigenvalue weighted by Crippen LogP contribution is -2.13. The highest BCUT2D eigenvalue weighted by atomic mass is 16.4. The van der Waals surface area contributed by atoms with E-state index in [1.165, 1.54) is 12.8 Å². The van der Waals surface area contributed by atoms with Gasteiger partial charge in [-0.3, -0.25) is 4.79 Å². The summed E-state index contributed by atoms with van der Waals surface area (Å²) in [6.45, 7) is 2.15. The Kier molecular flexibility index (Phi) is 15.9. The Morgan fingerprint density at radius 2 is 1.46 bits per heavy atom. The van der Waals surface area contributed by atoms with Gasteiger partial charge in [-0.15, -0.1) is 0 Å². The molecule has 0 aliphatic rings. The normalized spacial score (nSPS) is 14.5. The van der Waals surface area contributed by atoms with E-state index in [0.29, 0.717) is 19.3 Å². The molecule has 0 heterocycles. The maximum atomic E-state index is 10.3. The first-order chi connectivity index (χ1) is 11.6. The van der Waals surface area contributed by atoms with Gasteiger partial charge in [0.2, 0.25) is 0 Å². The molecule has 0 amide bonds. The average molecular weight is 341 g/mol. The summed E-state index contributed by atoms with van der Waals surface area (Å²) in [6.07, 6.45) is 17.4. The Balaban J connectivity index is 3.51. The molecule has 0 aromatic carbocycles. The van der Waals surface area contributed by atoms with Crippen molar-refractivity contribution in [1.29, 1.82) is 0 Å². The number of allylic oxidation sites excluding steroid dienone is 4. The van der Waals surface area contributed by atoms with Gasteiger partial charge in [-0.1, -0.05) is 50.5 Å². The minimum absolute atomic E-state index is 0.228. The Morgan fingerprint density at radius 1 is 0.833 bits per heavy atom. The number of carbonyl (C=O) groups is 1. The Morgan fingerprint density at radius 3 is 2.08 bits per heavy atom. The lowest BCUT2D eigenvalue weighted by molar-refractivity contribution is -0.137. The number of aliphatic hydroxyl groups excluding tert-OH is 2. The number of carboxylic acids is 1. The molecule has 0 aromatic heterocycles. The van der Waals surface area contributed by atoms with E-state index in [1.54, 1.807) is 0 Å². The molecule has 0 saturated heterocycles. The molecule has 2 unspecified atom stereocenters. The van der Waals surface area contributed by atoms with Crippen LogP contribution in [0.5, 0.6) is 0 Å². The third-order valence-corrected chi connectivity index (χ3v) is 4.01. The number of rotatable bonds is 16. The molecule has 0 aliphatic carbocycles. The van der Waals surface area contributed by atoms with Gasteiger partial charge in [-0.2, -0.15) is 0 Å². The fraction of sp³-hybridized carbons (Fsp3) is 0.750. The first-order valence-corrected chi connectivity index (χ1v) is 9.44. The molecule has 0 bridgehead atoms. The minimum atomic E-state index is -0.740. The maximum Gasteiger partial charge on any atom is 0.303 e. The fourth-order valence-corrected chi connectivity index (χ4v) is 2.47. The molecular weight excluding hydrogens is 304 g/mol. The van der Waals surface area contributed by atoms with Crippen LogP contribution in [0.15, 0.2) is 24.3 Å². The van der Waals surface area contributed by atoms with E-state index in [4.69, 9.17) is 5.11 Å². The van der Waals surface area contributed by atoms with Crippen LogP contribution in [-0.4, -0.2) is 33.5 Å². The van der Waals surface area contributed by atoms with E-state index >= 15 is 0 Å². The number of aliphatic hydroxyl groups is 2. The SMILES string of the molecule is CCCCCC(O)CCC(O)CCC=CCC=CCCCC(=O)O. The fourth-order valence-electron chi connectivity index (χ4n) is 2.47. The van der Waals surface area contributed by atoms with Crippen molar-refractivity contribution >= 4 is 5.97 Å². The zero-order valence-electron chi connectivity index (χ0n) is 15.2. The number of aliphatic carboxylic acids is 1. The van der Waals surface area contributed by atoms with Crippen molar-refractivity contribution in [1.82, 2.24) is 0 Å². The van der Waals surface area contributed by atoms with E-state index in [0.717, 1.165) is 38.5 Å². The summed E-state index contributed by atoms with van der Waals surface area (Å²) in [6, 6.07) is 0. The monoisotopic (exact) mass is 340 g/mol. The predicted molar refractivity (Wildman–Crippen MR) is 99.0 cm³/mol. The Bertz CT molecular complexity index is 350. The summed E-state index contributed by atoms with van der Waals surface area (Å²) in [5.41, 5.74) is 0. The van der Waals surface area contributed by atoms with Gasteiger partial charge in [-0.25, -0.2) is 0 Å². The second kappa shape index (κ2) is 16.7. The van der Waals surface area contributed by atoms with Crippen LogP contribution in [0.4, 0.5) is 0 Å². The maximum absolute atomic E-state index is 10.3. The minimum Gasteiger partial charge on any atom is -0.481 e. The molecule has 3 N–H and O–H groups in total. The number of carboxylic acid groups (broad SMARTS) is 1. The molecule has 4 heteroatoms. The van der Waals surface area contributed by atoms with E-state index in [-0.39, 0.29) is 18.6 Å². The van der Waals surface area contributed by atoms with Crippen molar-refractivity contribution in [3.63, 3.8) is 0 Å². The van der Waals surface area contributed by atoms with Crippen LogP contribution in [0.2, 0.25) is 0 Å². The van der Waals surface area contributed by atoms with Crippen molar-refractivity contribution < 1.29 is 20.1 Å². The topological polar surface area (TPSA) is 77.8 Å². The molecule has 0 aromatic rings. The van der Waals surface area contributed by atoms with Crippen LogP contribution < -0.4 is 0 Å². The van der Waals surface area contributed by atoms with Gasteiger partial charge in [0, 0.05) is 6.42 Å². The third-order valence-electron chi connectivity index (χ3n) is 4.01. The number of unbranched alkanes of at least 4 members (excludes halogenated alkanes) is 3. The molecule has 0 spiro atoms. The molecular formula is C20H36O4. The Hall–Kier alpha value is -1.13. The number of hydrogen-bond acceptors (Lipinski definition) is 3. The van der Waals surface area contributed by atoms with E-state index in [2.05, 4.69) is 19.1 Å². The molecule has 2 atom stereocenters. The average Bonchev–Trinajstić information content (AvgIpc) is 2.54. The lowest BCUT2D eigenvalue weighted by atomic mass is 10.0. The first kappa shape index (κ1) is 22.9. The molecule has 0 rings (SSSR count). The van der Waals surface area contributed by atoms with Crippen molar-refractivity contribution in [2.24, 2.45) is 0 Å². The lowest BCUT2D eigenvalue weighted by Gasteiger charge is -2.13. The molecule has 4 nitrogen and oxygen atoms in total. The summed E-state index contributed by atoms with van der Waals surface area (Å²) in [5, 5.41) is 28.2. The van der Waals surface area contributed by atoms with Gasteiger partial charge in [0.25, 0.3) is 0 Å². The molecule has 0 aliphatic heterocycles. The van der Waals surface area contributed by atoms with Gasteiger partial charge >= 0.3 is 5.97 Å². The summed E-state index contributed by atoms with van der Waals surface area (Å²) in [4.78, 5) is 10.3. The van der Waals surface area contributed by atoms with Gasteiger partial charge in [0.1, 0.15) is 0 Å². The zero-order valence-corrected chi connectivity index (χ0v) is 15.2. The second-order valence-corrected chi connectivity index (χ2v) is 6.42. The van der Waals surface area contributed by atoms with Gasteiger partial charge in [0.05, 0.1) is 12.2 Å².